The fourth-order valence-corrected chi connectivity index (χ4v) is 3.28. The fourth-order valence-electron chi connectivity index (χ4n) is 3.28. The molecule has 3 heteroatoms. The monoisotopic (exact) mass is 272 g/mol. The summed E-state index contributed by atoms with van der Waals surface area (Å²) in [6.07, 6.45) is 3.95. The molecule has 1 aliphatic rings. The zero-order chi connectivity index (χ0) is 13.9. The number of rotatable bonds is 5. The molecule has 20 heavy (non-hydrogen) atoms. The van der Waals surface area contributed by atoms with Gasteiger partial charge in [0.15, 0.2) is 0 Å². The lowest BCUT2D eigenvalue weighted by molar-refractivity contribution is 0.287. The van der Waals surface area contributed by atoms with E-state index in [0.29, 0.717) is 0 Å². The minimum atomic E-state index is -0.0252. The van der Waals surface area contributed by atoms with Gasteiger partial charge in [-0.05, 0) is 37.4 Å². The van der Waals surface area contributed by atoms with Gasteiger partial charge < -0.3 is 15.1 Å². The molecule has 2 atom stereocenters. The van der Waals surface area contributed by atoms with Crippen molar-refractivity contribution in [3.8, 4) is 0 Å². The van der Waals surface area contributed by atoms with Gasteiger partial charge in [-0.3, -0.25) is 0 Å². The zero-order valence-corrected chi connectivity index (χ0v) is 12.2. The van der Waals surface area contributed by atoms with Crippen LogP contribution in [0.15, 0.2) is 34.7 Å². The lowest BCUT2D eigenvalue weighted by Gasteiger charge is -2.19. The van der Waals surface area contributed by atoms with Crippen LogP contribution in [-0.2, 0) is 0 Å². The number of benzene rings is 1. The third kappa shape index (κ3) is 2.89. The van der Waals surface area contributed by atoms with Gasteiger partial charge in [0.2, 0.25) is 0 Å². The Morgan fingerprint density at radius 2 is 2.25 bits per heavy atom. The molecule has 2 unspecified atom stereocenters. The molecule has 1 saturated heterocycles. The minimum Gasteiger partial charge on any atom is -0.459 e. The van der Waals surface area contributed by atoms with E-state index in [9.17, 15) is 0 Å². The van der Waals surface area contributed by atoms with Crippen LogP contribution in [0.4, 0.5) is 0 Å². The molecule has 1 aliphatic heterocycles. The third-order valence-electron chi connectivity index (χ3n) is 4.33. The maximum atomic E-state index is 6.32. The Labute approximate surface area is 120 Å². The van der Waals surface area contributed by atoms with Crippen LogP contribution in [0.3, 0.4) is 0 Å². The van der Waals surface area contributed by atoms with Gasteiger partial charge in [-0.1, -0.05) is 31.5 Å². The first-order chi connectivity index (χ1) is 9.76. The van der Waals surface area contributed by atoms with Crippen molar-refractivity contribution in [3.63, 3.8) is 0 Å². The zero-order valence-electron chi connectivity index (χ0n) is 12.2. The van der Waals surface area contributed by atoms with Gasteiger partial charge in [0.1, 0.15) is 11.3 Å². The van der Waals surface area contributed by atoms with Crippen LogP contribution >= 0.6 is 0 Å². The summed E-state index contributed by atoms with van der Waals surface area (Å²) in [5, 5.41) is 1.14. The molecule has 0 amide bonds. The summed E-state index contributed by atoms with van der Waals surface area (Å²) in [7, 11) is 0. The normalized spacial score (nSPS) is 21.6. The Balaban J connectivity index is 1.63. The highest BCUT2D eigenvalue weighted by Crippen LogP contribution is 2.26. The molecule has 1 aromatic carbocycles. The van der Waals surface area contributed by atoms with Crippen molar-refractivity contribution in [2.45, 2.75) is 32.2 Å². The quantitative estimate of drug-likeness (QED) is 0.905. The molecule has 2 N–H and O–H groups in total. The van der Waals surface area contributed by atoms with Crippen LogP contribution in [0, 0.1) is 5.92 Å². The molecule has 0 aliphatic carbocycles. The second-order valence-electron chi connectivity index (χ2n) is 6.00. The first-order valence-corrected chi connectivity index (χ1v) is 7.72. The van der Waals surface area contributed by atoms with E-state index in [1.54, 1.807) is 0 Å². The predicted octanol–water partition coefficient (Wildman–Crippen LogP) is 3.55. The van der Waals surface area contributed by atoms with Gasteiger partial charge in [-0.2, -0.15) is 0 Å². The maximum absolute atomic E-state index is 6.32. The highest BCUT2D eigenvalue weighted by atomic mass is 16.3. The summed E-state index contributed by atoms with van der Waals surface area (Å²) in [6.45, 7) is 5.54. The minimum absolute atomic E-state index is 0.0252. The van der Waals surface area contributed by atoms with Gasteiger partial charge in [-0.25, -0.2) is 0 Å². The lowest BCUT2D eigenvalue weighted by atomic mass is 10.0. The Hall–Kier alpha value is -1.32. The largest absolute Gasteiger partial charge is 0.459 e. The molecule has 0 saturated carbocycles. The molecule has 1 aromatic heterocycles. The van der Waals surface area contributed by atoms with E-state index in [0.717, 1.165) is 29.2 Å². The van der Waals surface area contributed by atoms with Crippen molar-refractivity contribution < 1.29 is 4.42 Å². The number of furan rings is 1. The fraction of sp³-hybridized carbons (Fsp3) is 0.529. The van der Waals surface area contributed by atoms with Gasteiger partial charge >= 0.3 is 0 Å². The van der Waals surface area contributed by atoms with Gasteiger partial charge in [0.25, 0.3) is 0 Å². The summed E-state index contributed by atoms with van der Waals surface area (Å²) in [5.41, 5.74) is 7.26. The smallest absolute Gasteiger partial charge is 0.134 e. The molecule has 0 bridgehead atoms. The number of nitrogens with two attached hydrogens (primary N) is 1. The van der Waals surface area contributed by atoms with E-state index in [1.165, 1.54) is 32.4 Å². The Morgan fingerprint density at radius 3 is 3.05 bits per heavy atom. The highest BCUT2D eigenvalue weighted by Gasteiger charge is 2.24. The van der Waals surface area contributed by atoms with Crippen LogP contribution in [0.5, 0.6) is 0 Å². The predicted molar refractivity (Wildman–Crippen MR) is 82.6 cm³/mol. The molecule has 0 radical (unpaired) electrons. The van der Waals surface area contributed by atoms with E-state index in [4.69, 9.17) is 10.2 Å². The van der Waals surface area contributed by atoms with Crippen LogP contribution < -0.4 is 5.73 Å². The molecule has 108 valence electrons. The number of fused-ring (bicyclic) bond motifs is 1. The summed E-state index contributed by atoms with van der Waals surface area (Å²) < 4.78 is 5.86. The highest BCUT2D eigenvalue weighted by molar-refractivity contribution is 5.77. The lowest BCUT2D eigenvalue weighted by Crippen LogP contribution is -2.30. The SMILES string of the molecule is CCCC1CCN(CC(N)c2cc3ccccc3o2)C1. The first kappa shape index (κ1) is 13.7. The average molecular weight is 272 g/mol. The van der Waals surface area contributed by atoms with Crippen molar-refractivity contribution in [3.05, 3.63) is 36.1 Å². The maximum Gasteiger partial charge on any atom is 0.134 e. The Bertz CT molecular complexity index is 530. The second kappa shape index (κ2) is 5.98. The standard InChI is InChI=1S/C17H24N2O/c1-2-5-13-8-9-19(11-13)12-15(18)17-10-14-6-3-4-7-16(14)20-17/h3-4,6-7,10,13,15H,2,5,8-9,11-12,18H2,1H3. The van der Waals surface area contributed by atoms with E-state index in [1.807, 2.05) is 18.2 Å². The molecular formula is C17H24N2O. The van der Waals surface area contributed by atoms with Crippen LogP contribution in [-0.4, -0.2) is 24.5 Å². The molecule has 2 heterocycles. The van der Waals surface area contributed by atoms with Gasteiger partial charge in [-0.15, -0.1) is 0 Å². The van der Waals surface area contributed by atoms with Crippen LogP contribution in [0.25, 0.3) is 11.0 Å². The molecule has 2 aromatic rings. The van der Waals surface area contributed by atoms with Crippen LogP contribution in [0.1, 0.15) is 38.0 Å². The summed E-state index contributed by atoms with van der Waals surface area (Å²) in [5.74, 6) is 1.77. The second-order valence-corrected chi connectivity index (χ2v) is 6.00. The first-order valence-electron chi connectivity index (χ1n) is 7.72. The van der Waals surface area contributed by atoms with Crippen molar-refractivity contribution in [2.24, 2.45) is 11.7 Å². The summed E-state index contributed by atoms with van der Waals surface area (Å²) in [6, 6.07) is 10.2. The summed E-state index contributed by atoms with van der Waals surface area (Å²) in [4.78, 5) is 2.48. The van der Waals surface area contributed by atoms with E-state index in [2.05, 4.69) is 24.0 Å². The molecule has 1 fully saturated rings. The van der Waals surface area contributed by atoms with Crippen molar-refractivity contribution in [1.29, 1.82) is 0 Å². The summed E-state index contributed by atoms with van der Waals surface area (Å²) >= 11 is 0. The van der Waals surface area contributed by atoms with E-state index < -0.39 is 0 Å². The van der Waals surface area contributed by atoms with Crippen molar-refractivity contribution in [1.82, 2.24) is 4.90 Å². The van der Waals surface area contributed by atoms with Crippen LogP contribution in [0.2, 0.25) is 0 Å². The topological polar surface area (TPSA) is 42.4 Å². The number of hydrogen-bond acceptors (Lipinski definition) is 3. The number of hydrogen-bond donors (Lipinski definition) is 1. The average Bonchev–Trinajstić information content (AvgIpc) is 3.05. The van der Waals surface area contributed by atoms with Crippen molar-refractivity contribution in [2.75, 3.05) is 19.6 Å². The molecular weight excluding hydrogens is 248 g/mol. The van der Waals surface area contributed by atoms with Crippen molar-refractivity contribution >= 4 is 11.0 Å². The number of para-hydroxylation sites is 1. The Morgan fingerprint density at radius 1 is 1.40 bits per heavy atom. The molecule has 3 nitrogen and oxygen atoms in total. The van der Waals surface area contributed by atoms with Gasteiger partial charge in [0.05, 0.1) is 6.04 Å². The number of nitrogens with zero attached hydrogens (tertiary/aromatic N) is 1. The van der Waals surface area contributed by atoms with E-state index in [-0.39, 0.29) is 6.04 Å². The molecule has 3 rings (SSSR count). The van der Waals surface area contributed by atoms with Gasteiger partial charge in [0, 0.05) is 18.5 Å². The molecule has 0 spiro atoms. The number of likely N-dealkylation sites (tertiary alicyclic amines) is 1. The third-order valence-corrected chi connectivity index (χ3v) is 4.33. The Kier molecular flexibility index (Phi) is 4.08. The van der Waals surface area contributed by atoms with E-state index >= 15 is 0 Å².